The Balaban J connectivity index is 2.19. The molecule has 0 heterocycles. The third kappa shape index (κ3) is 3.38. The molecule has 2 aromatic rings. The van der Waals surface area contributed by atoms with Gasteiger partial charge in [0.1, 0.15) is 17.3 Å². The van der Waals surface area contributed by atoms with Gasteiger partial charge in [0.05, 0.1) is 16.8 Å². The number of nitrogen functional groups attached to an aromatic ring is 1. The van der Waals surface area contributed by atoms with Gasteiger partial charge in [-0.05, 0) is 53.2 Å². The molecule has 0 aromatic heterocycles. The minimum absolute atomic E-state index is 0.282. The van der Waals surface area contributed by atoms with E-state index in [0.29, 0.717) is 22.5 Å². The fraction of sp³-hybridized carbons (Fsp3) is 0.143. The van der Waals surface area contributed by atoms with Crippen LogP contribution in [-0.4, -0.2) is 6.61 Å². The lowest BCUT2D eigenvalue weighted by atomic mass is 10.3. The van der Waals surface area contributed by atoms with E-state index in [9.17, 15) is 4.39 Å². The Morgan fingerprint density at radius 2 is 1.79 bits per heavy atom. The van der Waals surface area contributed by atoms with Crippen molar-refractivity contribution in [2.45, 2.75) is 6.92 Å². The Kier molecular flexibility index (Phi) is 4.27. The molecule has 0 fully saturated rings. The van der Waals surface area contributed by atoms with Gasteiger partial charge >= 0.3 is 0 Å². The normalized spacial score (nSPS) is 10.3. The monoisotopic (exact) mass is 325 g/mol. The first-order valence-corrected chi connectivity index (χ1v) is 6.54. The fourth-order valence-electron chi connectivity index (χ4n) is 1.53. The van der Waals surface area contributed by atoms with Crippen molar-refractivity contribution >= 4 is 21.6 Å². The molecule has 0 unspecified atom stereocenters. The zero-order valence-corrected chi connectivity index (χ0v) is 11.9. The van der Waals surface area contributed by atoms with Crippen molar-refractivity contribution < 1.29 is 13.9 Å². The molecular weight excluding hydrogens is 313 g/mol. The van der Waals surface area contributed by atoms with Crippen LogP contribution in [0, 0.1) is 5.82 Å². The van der Waals surface area contributed by atoms with Gasteiger partial charge in [0.25, 0.3) is 0 Å². The highest BCUT2D eigenvalue weighted by Crippen LogP contribution is 2.32. The van der Waals surface area contributed by atoms with Crippen molar-refractivity contribution in [1.29, 1.82) is 0 Å². The molecule has 0 aliphatic rings. The summed E-state index contributed by atoms with van der Waals surface area (Å²) in [5.74, 6) is 1.18. The molecule has 0 amide bonds. The Labute approximate surface area is 119 Å². The summed E-state index contributed by atoms with van der Waals surface area (Å²) in [4.78, 5) is 0. The Morgan fingerprint density at radius 1 is 1.16 bits per heavy atom. The standard InChI is InChI=1S/C14H13BrFNO2/c1-2-18-9-3-5-10(6-4-9)19-14-8-12(16)11(15)7-13(14)17/h3-8H,2,17H2,1H3. The smallest absolute Gasteiger partial charge is 0.153 e. The molecule has 0 saturated heterocycles. The number of hydrogen-bond acceptors (Lipinski definition) is 3. The predicted molar refractivity (Wildman–Crippen MR) is 76.2 cm³/mol. The van der Waals surface area contributed by atoms with Gasteiger partial charge < -0.3 is 15.2 Å². The lowest BCUT2D eigenvalue weighted by Crippen LogP contribution is -1.94. The van der Waals surface area contributed by atoms with Crippen LogP contribution in [0.3, 0.4) is 0 Å². The highest BCUT2D eigenvalue weighted by molar-refractivity contribution is 9.10. The Hall–Kier alpha value is -1.75. The number of anilines is 1. The summed E-state index contributed by atoms with van der Waals surface area (Å²) in [6.07, 6.45) is 0. The average Bonchev–Trinajstić information content (AvgIpc) is 2.38. The highest BCUT2D eigenvalue weighted by Gasteiger charge is 2.08. The van der Waals surface area contributed by atoms with E-state index in [-0.39, 0.29) is 5.75 Å². The van der Waals surface area contributed by atoms with Gasteiger partial charge in [0.15, 0.2) is 5.75 Å². The number of hydrogen-bond donors (Lipinski definition) is 1. The van der Waals surface area contributed by atoms with Crippen LogP contribution in [0.15, 0.2) is 40.9 Å². The molecule has 2 aromatic carbocycles. The van der Waals surface area contributed by atoms with Crippen molar-refractivity contribution in [2.75, 3.05) is 12.3 Å². The van der Waals surface area contributed by atoms with Gasteiger partial charge in [0.2, 0.25) is 0 Å². The maximum absolute atomic E-state index is 13.4. The van der Waals surface area contributed by atoms with Crippen LogP contribution >= 0.6 is 15.9 Å². The molecule has 0 spiro atoms. The van der Waals surface area contributed by atoms with Crippen molar-refractivity contribution in [1.82, 2.24) is 0 Å². The van der Waals surface area contributed by atoms with Crippen LogP contribution in [0.2, 0.25) is 0 Å². The molecule has 0 radical (unpaired) electrons. The summed E-state index contributed by atoms with van der Waals surface area (Å²) >= 11 is 3.07. The third-order valence-corrected chi connectivity index (χ3v) is 3.02. The van der Waals surface area contributed by atoms with Crippen LogP contribution in [0.25, 0.3) is 0 Å². The summed E-state index contributed by atoms with van der Waals surface area (Å²) in [5, 5.41) is 0. The summed E-state index contributed by atoms with van der Waals surface area (Å²) in [7, 11) is 0. The van der Waals surface area contributed by atoms with Gasteiger partial charge in [0, 0.05) is 6.07 Å². The third-order valence-electron chi connectivity index (χ3n) is 2.42. The molecule has 0 saturated carbocycles. The van der Waals surface area contributed by atoms with Crippen LogP contribution in [-0.2, 0) is 0 Å². The van der Waals surface area contributed by atoms with Crippen LogP contribution in [0.4, 0.5) is 10.1 Å². The van der Waals surface area contributed by atoms with E-state index in [1.165, 1.54) is 12.1 Å². The first-order valence-electron chi connectivity index (χ1n) is 5.75. The summed E-state index contributed by atoms with van der Waals surface area (Å²) in [6.45, 7) is 2.51. The molecule has 2 N–H and O–H groups in total. The lowest BCUT2D eigenvalue weighted by Gasteiger charge is -2.10. The Bertz CT molecular complexity index is 572. The van der Waals surface area contributed by atoms with Crippen LogP contribution in [0.1, 0.15) is 6.92 Å². The number of rotatable bonds is 4. The first kappa shape index (κ1) is 13.7. The second kappa shape index (κ2) is 5.93. The van der Waals surface area contributed by atoms with Crippen molar-refractivity contribution in [3.8, 4) is 17.2 Å². The second-order valence-electron chi connectivity index (χ2n) is 3.81. The molecule has 2 rings (SSSR count). The molecule has 0 bridgehead atoms. The zero-order chi connectivity index (χ0) is 13.8. The molecule has 0 aliphatic carbocycles. The summed E-state index contributed by atoms with van der Waals surface area (Å²) < 4.78 is 24.6. The van der Waals surface area contributed by atoms with Gasteiger partial charge in [-0.1, -0.05) is 0 Å². The van der Waals surface area contributed by atoms with Crippen molar-refractivity contribution in [3.63, 3.8) is 0 Å². The highest BCUT2D eigenvalue weighted by atomic mass is 79.9. The minimum atomic E-state index is -0.421. The first-order chi connectivity index (χ1) is 9.10. The summed E-state index contributed by atoms with van der Waals surface area (Å²) in [6, 6.07) is 9.76. The average molecular weight is 326 g/mol. The molecule has 5 heteroatoms. The fourth-order valence-corrected chi connectivity index (χ4v) is 1.89. The number of halogens is 2. The largest absolute Gasteiger partial charge is 0.494 e. The van der Waals surface area contributed by atoms with E-state index < -0.39 is 5.82 Å². The SMILES string of the molecule is CCOc1ccc(Oc2cc(F)c(Br)cc2N)cc1. The van der Waals surface area contributed by atoms with Crippen molar-refractivity contribution in [3.05, 3.63) is 46.7 Å². The number of nitrogens with two attached hydrogens (primary N) is 1. The quantitative estimate of drug-likeness (QED) is 0.849. The summed E-state index contributed by atoms with van der Waals surface area (Å²) in [5.41, 5.74) is 6.13. The molecular formula is C14H13BrFNO2. The van der Waals surface area contributed by atoms with E-state index in [0.717, 1.165) is 5.75 Å². The van der Waals surface area contributed by atoms with Gasteiger partial charge in [-0.25, -0.2) is 4.39 Å². The second-order valence-corrected chi connectivity index (χ2v) is 4.66. The zero-order valence-electron chi connectivity index (χ0n) is 10.3. The van der Waals surface area contributed by atoms with Crippen molar-refractivity contribution in [2.24, 2.45) is 0 Å². The topological polar surface area (TPSA) is 44.5 Å². The van der Waals surface area contributed by atoms with Crippen LogP contribution < -0.4 is 15.2 Å². The molecule has 100 valence electrons. The van der Waals surface area contributed by atoms with E-state index in [2.05, 4.69) is 15.9 Å². The molecule has 19 heavy (non-hydrogen) atoms. The maximum Gasteiger partial charge on any atom is 0.153 e. The van der Waals surface area contributed by atoms with E-state index in [4.69, 9.17) is 15.2 Å². The van der Waals surface area contributed by atoms with E-state index in [1.54, 1.807) is 24.3 Å². The van der Waals surface area contributed by atoms with Crippen LogP contribution in [0.5, 0.6) is 17.2 Å². The molecule has 0 aliphatic heterocycles. The van der Waals surface area contributed by atoms with E-state index in [1.807, 2.05) is 6.92 Å². The van der Waals surface area contributed by atoms with Gasteiger partial charge in [-0.15, -0.1) is 0 Å². The van der Waals surface area contributed by atoms with E-state index >= 15 is 0 Å². The Morgan fingerprint density at radius 3 is 2.42 bits per heavy atom. The number of benzene rings is 2. The van der Waals surface area contributed by atoms with Gasteiger partial charge in [-0.3, -0.25) is 0 Å². The predicted octanol–water partition coefficient (Wildman–Crippen LogP) is 4.36. The maximum atomic E-state index is 13.4. The minimum Gasteiger partial charge on any atom is -0.494 e. The lowest BCUT2D eigenvalue weighted by molar-refractivity contribution is 0.339. The molecule has 0 atom stereocenters. The number of ether oxygens (including phenoxy) is 2. The molecule has 3 nitrogen and oxygen atoms in total. The van der Waals surface area contributed by atoms with Gasteiger partial charge in [-0.2, -0.15) is 0 Å².